The first kappa shape index (κ1) is 24.9. The summed E-state index contributed by atoms with van der Waals surface area (Å²) < 4.78 is 29.8. The number of aliphatic hydroxyl groups is 4. The minimum absolute atomic E-state index is 0.122. The lowest BCUT2D eigenvalue weighted by Gasteiger charge is -2.71. The zero-order chi connectivity index (χ0) is 25.1. The summed E-state index contributed by atoms with van der Waals surface area (Å²) in [5.74, 6) is -3.36. The fraction of sp³-hybridized carbons (Fsp3) is 1.00. The van der Waals surface area contributed by atoms with Gasteiger partial charge < -0.3 is 44.1 Å². The molecular weight excluding hydrogens is 458 g/mol. The predicted octanol–water partition coefficient (Wildman–Crippen LogP) is -0.827. The Kier molecular flexibility index (Phi) is 5.56. The smallest absolute Gasteiger partial charge is 0.195 e. The lowest BCUT2D eigenvalue weighted by Crippen LogP contribution is -2.79. The van der Waals surface area contributed by atoms with Gasteiger partial charge in [-0.25, -0.2) is 0 Å². The van der Waals surface area contributed by atoms with Crippen LogP contribution in [0.15, 0.2) is 0 Å². The Bertz CT molecular complexity index is 863. The Balaban J connectivity index is 1.68. The molecular formula is C25H41NO9. The Morgan fingerprint density at radius 2 is 1.69 bits per heavy atom. The van der Waals surface area contributed by atoms with E-state index in [4.69, 9.17) is 23.7 Å². The van der Waals surface area contributed by atoms with Gasteiger partial charge in [-0.2, -0.15) is 0 Å². The van der Waals surface area contributed by atoms with Crippen LogP contribution < -0.4 is 0 Å². The van der Waals surface area contributed by atoms with E-state index in [0.717, 1.165) is 0 Å². The number of ether oxygens (including phenoxy) is 5. The van der Waals surface area contributed by atoms with Crippen molar-refractivity contribution in [3.8, 4) is 0 Å². The van der Waals surface area contributed by atoms with Crippen molar-refractivity contribution < 1.29 is 44.1 Å². The van der Waals surface area contributed by atoms with Crippen molar-refractivity contribution in [2.75, 3.05) is 48.1 Å². The Morgan fingerprint density at radius 3 is 2.29 bits per heavy atom. The largest absolute Gasteiger partial charge is 0.392 e. The molecule has 9 bridgehead atoms. The first-order valence-corrected chi connectivity index (χ1v) is 12.9. The summed E-state index contributed by atoms with van der Waals surface area (Å²) in [7, 11) is 6.51. The molecule has 3 heterocycles. The van der Waals surface area contributed by atoms with Crippen molar-refractivity contribution in [2.45, 2.75) is 74.3 Å². The molecule has 10 heteroatoms. The van der Waals surface area contributed by atoms with Gasteiger partial charge in [0, 0.05) is 88.9 Å². The number of likely N-dealkylation sites (tertiary alicyclic amines) is 1. The summed E-state index contributed by atoms with van der Waals surface area (Å²) >= 11 is 0. The van der Waals surface area contributed by atoms with Crippen LogP contribution in [0.1, 0.15) is 26.2 Å². The molecule has 3 saturated heterocycles. The molecule has 0 aromatic rings. The van der Waals surface area contributed by atoms with Crippen LogP contribution in [0.5, 0.6) is 0 Å². The van der Waals surface area contributed by atoms with Crippen LogP contribution in [0.2, 0.25) is 0 Å². The molecule has 7 rings (SSSR count). The highest BCUT2D eigenvalue weighted by atomic mass is 16.7. The van der Waals surface area contributed by atoms with Gasteiger partial charge in [-0.05, 0) is 12.5 Å². The van der Waals surface area contributed by atoms with E-state index in [1.165, 1.54) is 7.11 Å². The van der Waals surface area contributed by atoms with E-state index >= 15 is 0 Å². The lowest BCUT2D eigenvalue weighted by molar-refractivity contribution is -0.385. The highest BCUT2D eigenvalue weighted by Crippen LogP contribution is 2.78. The first-order chi connectivity index (χ1) is 16.6. The highest BCUT2D eigenvalue weighted by molar-refractivity contribution is 5.35. The van der Waals surface area contributed by atoms with E-state index in [0.29, 0.717) is 26.1 Å². The molecule has 4 N–H and O–H groups in total. The third-order valence-electron chi connectivity index (χ3n) is 11.3. The van der Waals surface area contributed by atoms with Gasteiger partial charge in [0.1, 0.15) is 6.10 Å². The molecule has 7 fully saturated rings. The molecule has 200 valence electrons. The van der Waals surface area contributed by atoms with E-state index in [9.17, 15) is 20.4 Å². The molecule has 0 amide bonds. The van der Waals surface area contributed by atoms with Crippen molar-refractivity contribution in [2.24, 2.45) is 34.5 Å². The molecule has 4 aliphatic carbocycles. The van der Waals surface area contributed by atoms with Crippen LogP contribution in [-0.4, -0.2) is 122 Å². The topological polar surface area (TPSA) is 130 Å². The van der Waals surface area contributed by atoms with Crippen molar-refractivity contribution in [1.29, 1.82) is 0 Å². The average Bonchev–Trinajstić information content (AvgIpc) is 2.91. The molecule has 7 aliphatic rings. The fourth-order valence-electron chi connectivity index (χ4n) is 10.6. The van der Waals surface area contributed by atoms with Gasteiger partial charge >= 0.3 is 0 Å². The van der Waals surface area contributed by atoms with Gasteiger partial charge in [-0.1, -0.05) is 6.92 Å². The second kappa shape index (κ2) is 7.81. The van der Waals surface area contributed by atoms with Crippen LogP contribution in [0.25, 0.3) is 0 Å². The zero-order valence-corrected chi connectivity index (χ0v) is 21.3. The summed E-state index contributed by atoms with van der Waals surface area (Å²) in [5, 5.41) is 47.4. The first-order valence-electron chi connectivity index (χ1n) is 12.9. The maximum Gasteiger partial charge on any atom is 0.195 e. The minimum Gasteiger partial charge on any atom is -0.392 e. The van der Waals surface area contributed by atoms with E-state index < -0.39 is 58.7 Å². The Labute approximate surface area is 206 Å². The molecule has 14 atom stereocenters. The van der Waals surface area contributed by atoms with Crippen LogP contribution in [-0.2, 0) is 23.7 Å². The van der Waals surface area contributed by atoms with Crippen molar-refractivity contribution in [3.05, 3.63) is 0 Å². The van der Waals surface area contributed by atoms with Crippen LogP contribution in [0.3, 0.4) is 0 Å². The average molecular weight is 500 g/mol. The van der Waals surface area contributed by atoms with Gasteiger partial charge in [0.25, 0.3) is 0 Å². The van der Waals surface area contributed by atoms with Gasteiger partial charge in [-0.3, -0.25) is 4.90 Å². The van der Waals surface area contributed by atoms with E-state index in [-0.39, 0.29) is 36.8 Å². The minimum atomic E-state index is -1.74. The number of hydrogen-bond donors (Lipinski definition) is 4. The normalized spacial score (nSPS) is 60.6. The highest BCUT2D eigenvalue weighted by Gasteiger charge is 2.87. The molecule has 10 nitrogen and oxygen atoms in total. The zero-order valence-electron chi connectivity index (χ0n) is 21.3. The molecule has 35 heavy (non-hydrogen) atoms. The van der Waals surface area contributed by atoms with E-state index in [1.54, 1.807) is 21.3 Å². The number of methoxy groups -OCH3 is 4. The van der Waals surface area contributed by atoms with Crippen molar-refractivity contribution in [3.63, 3.8) is 0 Å². The number of rotatable bonds is 6. The van der Waals surface area contributed by atoms with Crippen LogP contribution in [0.4, 0.5) is 0 Å². The summed E-state index contributed by atoms with van der Waals surface area (Å²) in [6, 6.07) is -0.124. The molecule has 0 aromatic heterocycles. The van der Waals surface area contributed by atoms with Crippen molar-refractivity contribution >= 4 is 0 Å². The van der Waals surface area contributed by atoms with Crippen LogP contribution in [0, 0.1) is 34.5 Å². The van der Waals surface area contributed by atoms with Gasteiger partial charge in [0.15, 0.2) is 12.1 Å². The maximum atomic E-state index is 12.7. The van der Waals surface area contributed by atoms with Crippen molar-refractivity contribution in [1.82, 2.24) is 4.90 Å². The quantitative estimate of drug-likeness (QED) is 0.368. The monoisotopic (exact) mass is 499 g/mol. The summed E-state index contributed by atoms with van der Waals surface area (Å²) in [6.07, 6.45) is -2.90. The Hall–Kier alpha value is -0.400. The van der Waals surface area contributed by atoms with Crippen LogP contribution >= 0.6 is 0 Å². The van der Waals surface area contributed by atoms with Gasteiger partial charge in [0.05, 0.1) is 30.5 Å². The molecule has 0 radical (unpaired) electrons. The summed E-state index contributed by atoms with van der Waals surface area (Å²) in [6.45, 7) is 3.77. The second-order valence-electron chi connectivity index (χ2n) is 12.0. The molecule has 4 saturated carbocycles. The van der Waals surface area contributed by atoms with E-state index in [2.05, 4.69) is 11.8 Å². The number of aliphatic hydroxyl groups excluding tert-OH is 2. The van der Waals surface area contributed by atoms with Gasteiger partial charge in [0.2, 0.25) is 0 Å². The fourth-order valence-corrected chi connectivity index (χ4v) is 10.6. The Morgan fingerprint density at radius 1 is 0.971 bits per heavy atom. The summed E-state index contributed by atoms with van der Waals surface area (Å²) in [5.41, 5.74) is -2.67. The maximum absolute atomic E-state index is 12.7. The van der Waals surface area contributed by atoms with E-state index in [1.807, 2.05) is 0 Å². The van der Waals surface area contributed by atoms with Gasteiger partial charge in [-0.15, -0.1) is 0 Å². The molecule has 1 spiro atoms. The number of fused-ring (bicyclic) bond motifs is 2. The number of hydrogen-bond acceptors (Lipinski definition) is 10. The lowest BCUT2D eigenvalue weighted by atomic mass is 9.41. The predicted molar refractivity (Wildman–Crippen MR) is 121 cm³/mol. The number of piperidine rings is 1. The molecule has 2 unspecified atom stereocenters. The second-order valence-corrected chi connectivity index (χ2v) is 12.0. The molecule has 0 aromatic carbocycles. The standard InChI is InChI=1S/C25H41NO9/c1-6-26-10-22(11-31-2)13(27)7-14(32-3)25-12-8-24(30)15(33-4)9-23(29,16(12)21(28)35-24)17(20(25)26)18(34-5)19(22)25/h12-21,27-30H,6-11H2,1-5H3/t12-,13-,14+,15+,16-,17+,18+,19-,20?,21?,22+,23-,24-,25+/m1/s1. The summed E-state index contributed by atoms with van der Waals surface area (Å²) in [4.78, 5) is 2.36. The SMILES string of the molecule is CCN1C[C@]2(COC)[C@H](O)C[C@H](OC)[C@]34C1[C@H]([C@H](OC)[C@H]23)[C@@]1(O)C[C@H](OC)[C@@]2(O)C[C@@H]4[C@@H]1C(O)O2. The molecule has 3 aliphatic heterocycles. The number of nitrogens with zero attached hydrogens (tertiary/aromatic N) is 1. The third-order valence-corrected chi connectivity index (χ3v) is 11.3. The third kappa shape index (κ3) is 2.60.